The zero-order valence-corrected chi connectivity index (χ0v) is 10.4. The number of hydrogen-bond donors (Lipinski definition) is 0. The van der Waals surface area contributed by atoms with Gasteiger partial charge in [-0.25, -0.2) is 0 Å². The molecule has 3 unspecified atom stereocenters. The molecule has 1 rings (SSSR count). The molecular formula is C14H28. The van der Waals surface area contributed by atoms with Crippen LogP contribution in [0.25, 0.3) is 0 Å². The number of hydrogen-bond acceptors (Lipinski definition) is 0. The van der Waals surface area contributed by atoms with Crippen LogP contribution in [0.5, 0.6) is 0 Å². The maximum Gasteiger partial charge on any atom is -0.0386 e. The fraction of sp³-hybridized carbons (Fsp3) is 1.00. The highest BCUT2D eigenvalue weighted by molar-refractivity contribution is 4.80. The second kappa shape index (κ2) is 6.48. The Morgan fingerprint density at radius 3 is 2.21 bits per heavy atom. The van der Waals surface area contributed by atoms with Gasteiger partial charge in [-0.15, -0.1) is 0 Å². The van der Waals surface area contributed by atoms with Gasteiger partial charge in [0.2, 0.25) is 0 Å². The standard InChI is InChI=1S/C14H28/c1-4-6-8-13-10-12(3)14(11-13)9-7-5-2/h12-14H,4-11H2,1-3H3. The van der Waals surface area contributed by atoms with Crippen LogP contribution in [-0.2, 0) is 0 Å². The van der Waals surface area contributed by atoms with E-state index in [1.54, 1.807) is 6.42 Å². The highest BCUT2D eigenvalue weighted by Crippen LogP contribution is 2.41. The van der Waals surface area contributed by atoms with E-state index in [-0.39, 0.29) is 0 Å². The largest absolute Gasteiger partial charge is 0.0654 e. The van der Waals surface area contributed by atoms with Crippen LogP contribution in [0.3, 0.4) is 0 Å². The Balaban J connectivity index is 2.21. The smallest absolute Gasteiger partial charge is 0.0386 e. The Morgan fingerprint density at radius 1 is 0.929 bits per heavy atom. The van der Waals surface area contributed by atoms with Gasteiger partial charge in [0, 0.05) is 0 Å². The molecule has 0 radical (unpaired) electrons. The minimum atomic E-state index is 1.02. The van der Waals surface area contributed by atoms with Gasteiger partial charge in [-0.2, -0.15) is 0 Å². The van der Waals surface area contributed by atoms with Crippen LogP contribution < -0.4 is 0 Å². The Morgan fingerprint density at radius 2 is 1.57 bits per heavy atom. The summed E-state index contributed by atoms with van der Waals surface area (Å²) in [5.74, 6) is 3.16. The van der Waals surface area contributed by atoms with E-state index in [9.17, 15) is 0 Å². The predicted molar refractivity (Wildman–Crippen MR) is 64.4 cm³/mol. The SMILES string of the molecule is CCCCC1CC(C)C(CCCC)C1. The molecule has 0 spiro atoms. The Kier molecular flexibility index (Phi) is 5.59. The molecule has 14 heavy (non-hydrogen) atoms. The summed E-state index contributed by atoms with van der Waals surface area (Å²) in [6.45, 7) is 7.10. The van der Waals surface area contributed by atoms with Crippen molar-refractivity contribution < 1.29 is 0 Å². The van der Waals surface area contributed by atoms with Crippen LogP contribution in [-0.4, -0.2) is 0 Å². The second-order valence-corrected chi connectivity index (χ2v) is 5.36. The first kappa shape index (κ1) is 12.1. The molecule has 1 saturated carbocycles. The van der Waals surface area contributed by atoms with Crippen LogP contribution in [0.15, 0.2) is 0 Å². The predicted octanol–water partition coefficient (Wildman–Crippen LogP) is 5.03. The summed E-state index contributed by atoms with van der Waals surface area (Å²) in [5.41, 5.74) is 0. The van der Waals surface area contributed by atoms with Crippen molar-refractivity contribution in [2.45, 2.75) is 72.1 Å². The maximum absolute atomic E-state index is 2.48. The second-order valence-electron chi connectivity index (χ2n) is 5.36. The third-order valence-corrected chi connectivity index (χ3v) is 4.04. The molecule has 0 heterocycles. The fourth-order valence-corrected chi connectivity index (χ4v) is 3.07. The Bertz CT molecular complexity index is 139. The zero-order chi connectivity index (χ0) is 10.4. The van der Waals surface area contributed by atoms with Crippen LogP contribution >= 0.6 is 0 Å². The monoisotopic (exact) mass is 196 g/mol. The van der Waals surface area contributed by atoms with Crippen LogP contribution in [0.4, 0.5) is 0 Å². The Hall–Kier alpha value is 0. The molecule has 0 nitrogen and oxygen atoms in total. The van der Waals surface area contributed by atoms with Gasteiger partial charge in [0.1, 0.15) is 0 Å². The van der Waals surface area contributed by atoms with Gasteiger partial charge in [0.25, 0.3) is 0 Å². The third kappa shape index (κ3) is 3.63. The molecule has 1 aliphatic rings. The van der Waals surface area contributed by atoms with E-state index in [0.29, 0.717) is 0 Å². The lowest BCUT2D eigenvalue weighted by molar-refractivity contribution is 0.378. The van der Waals surface area contributed by atoms with Crippen molar-refractivity contribution in [3.8, 4) is 0 Å². The number of rotatable bonds is 6. The molecule has 0 heteroatoms. The van der Waals surface area contributed by atoms with E-state index in [2.05, 4.69) is 20.8 Å². The fourth-order valence-electron chi connectivity index (χ4n) is 3.07. The van der Waals surface area contributed by atoms with E-state index < -0.39 is 0 Å². The molecule has 0 amide bonds. The van der Waals surface area contributed by atoms with Gasteiger partial charge in [-0.05, 0) is 30.6 Å². The van der Waals surface area contributed by atoms with Crippen molar-refractivity contribution in [2.24, 2.45) is 17.8 Å². The van der Waals surface area contributed by atoms with Gasteiger partial charge in [0.15, 0.2) is 0 Å². The van der Waals surface area contributed by atoms with Crippen molar-refractivity contribution >= 4 is 0 Å². The van der Waals surface area contributed by atoms with Gasteiger partial charge in [-0.1, -0.05) is 59.3 Å². The molecule has 0 aliphatic heterocycles. The molecule has 0 N–H and O–H groups in total. The first-order chi connectivity index (χ1) is 6.77. The minimum Gasteiger partial charge on any atom is -0.0654 e. The normalized spacial score (nSPS) is 32.4. The molecule has 0 aromatic carbocycles. The van der Waals surface area contributed by atoms with Crippen molar-refractivity contribution in [1.29, 1.82) is 0 Å². The first-order valence-electron chi connectivity index (χ1n) is 6.77. The third-order valence-electron chi connectivity index (χ3n) is 4.04. The van der Waals surface area contributed by atoms with Crippen LogP contribution in [0.2, 0.25) is 0 Å². The molecule has 0 aromatic heterocycles. The van der Waals surface area contributed by atoms with E-state index in [1.165, 1.54) is 44.9 Å². The summed E-state index contributed by atoms with van der Waals surface area (Å²) in [6.07, 6.45) is 11.7. The molecule has 3 atom stereocenters. The van der Waals surface area contributed by atoms with Crippen LogP contribution in [0.1, 0.15) is 72.1 Å². The minimum absolute atomic E-state index is 1.02. The summed E-state index contributed by atoms with van der Waals surface area (Å²) in [5, 5.41) is 0. The average Bonchev–Trinajstić information content (AvgIpc) is 2.53. The van der Waals surface area contributed by atoms with E-state index in [1.807, 2.05) is 0 Å². The highest BCUT2D eigenvalue weighted by Gasteiger charge is 2.29. The van der Waals surface area contributed by atoms with Gasteiger partial charge in [-0.3, -0.25) is 0 Å². The molecular weight excluding hydrogens is 168 g/mol. The van der Waals surface area contributed by atoms with Crippen molar-refractivity contribution in [1.82, 2.24) is 0 Å². The van der Waals surface area contributed by atoms with Gasteiger partial charge >= 0.3 is 0 Å². The summed E-state index contributed by atoms with van der Waals surface area (Å²) in [6, 6.07) is 0. The summed E-state index contributed by atoms with van der Waals surface area (Å²) in [7, 11) is 0. The molecule has 1 aliphatic carbocycles. The first-order valence-corrected chi connectivity index (χ1v) is 6.77. The summed E-state index contributed by atoms with van der Waals surface area (Å²) >= 11 is 0. The molecule has 84 valence electrons. The van der Waals surface area contributed by atoms with Gasteiger partial charge < -0.3 is 0 Å². The van der Waals surface area contributed by atoms with Crippen LogP contribution in [0, 0.1) is 17.8 Å². The van der Waals surface area contributed by atoms with Gasteiger partial charge in [0.05, 0.1) is 0 Å². The van der Waals surface area contributed by atoms with Crippen molar-refractivity contribution in [2.75, 3.05) is 0 Å². The molecule has 0 saturated heterocycles. The lowest BCUT2D eigenvalue weighted by Gasteiger charge is -2.13. The zero-order valence-electron chi connectivity index (χ0n) is 10.4. The lowest BCUT2D eigenvalue weighted by atomic mass is 9.92. The quantitative estimate of drug-likeness (QED) is 0.559. The van der Waals surface area contributed by atoms with Crippen molar-refractivity contribution in [3.63, 3.8) is 0 Å². The van der Waals surface area contributed by atoms with E-state index >= 15 is 0 Å². The van der Waals surface area contributed by atoms with E-state index in [4.69, 9.17) is 0 Å². The molecule has 1 fully saturated rings. The maximum atomic E-state index is 2.48. The molecule has 0 bridgehead atoms. The Labute approximate surface area is 90.5 Å². The van der Waals surface area contributed by atoms with E-state index in [0.717, 1.165) is 17.8 Å². The highest BCUT2D eigenvalue weighted by atomic mass is 14.3. The van der Waals surface area contributed by atoms with Crippen molar-refractivity contribution in [3.05, 3.63) is 0 Å². The number of unbranched alkanes of at least 4 members (excludes halogenated alkanes) is 2. The lowest BCUT2D eigenvalue weighted by Crippen LogP contribution is -2.02. The molecule has 0 aromatic rings. The summed E-state index contributed by atoms with van der Waals surface area (Å²) in [4.78, 5) is 0. The summed E-state index contributed by atoms with van der Waals surface area (Å²) < 4.78 is 0. The topological polar surface area (TPSA) is 0 Å². The average molecular weight is 196 g/mol.